The second-order valence-electron chi connectivity index (χ2n) is 3.20. The van der Waals surface area contributed by atoms with Gasteiger partial charge < -0.3 is 4.43 Å². The lowest BCUT2D eigenvalue weighted by molar-refractivity contribution is 0.450. The van der Waals surface area contributed by atoms with Crippen LogP contribution in [0.2, 0.25) is 0 Å². The van der Waals surface area contributed by atoms with Crippen molar-refractivity contribution in [2.24, 2.45) is 0 Å². The molecule has 0 aliphatic heterocycles. The molecule has 0 saturated carbocycles. The van der Waals surface area contributed by atoms with E-state index in [1.165, 1.54) is 17.2 Å². The molecule has 0 aliphatic carbocycles. The average Bonchev–Trinajstić information content (AvgIpc) is 2.18. The zero-order valence-corrected chi connectivity index (χ0v) is 9.50. The van der Waals surface area contributed by atoms with Crippen molar-refractivity contribution in [3.63, 3.8) is 0 Å². The van der Waals surface area contributed by atoms with Crippen LogP contribution in [0.1, 0.15) is 31.7 Å². The van der Waals surface area contributed by atoms with Gasteiger partial charge in [-0.15, -0.1) is 0 Å². The molecule has 0 aliphatic rings. The molecular weight excluding hydrogens is 176 g/mol. The lowest BCUT2D eigenvalue weighted by Crippen LogP contribution is -2.21. The zero-order chi connectivity index (χ0) is 9.68. The van der Waals surface area contributed by atoms with Gasteiger partial charge in [0, 0.05) is 7.11 Å². The maximum absolute atomic E-state index is 5.19. The van der Waals surface area contributed by atoms with Crippen molar-refractivity contribution in [1.82, 2.24) is 0 Å². The molecule has 0 fully saturated rings. The first-order chi connectivity index (χ1) is 6.29. The van der Waals surface area contributed by atoms with Gasteiger partial charge in [0.2, 0.25) is 0 Å². The van der Waals surface area contributed by atoms with Crippen molar-refractivity contribution < 1.29 is 4.43 Å². The fraction of sp³-hybridized carbons (Fsp3) is 0.455. The molecule has 13 heavy (non-hydrogen) atoms. The monoisotopic (exact) mass is 192 g/mol. The minimum atomic E-state index is 0.482. The molecule has 0 amide bonds. The van der Waals surface area contributed by atoms with Crippen LogP contribution in [0.3, 0.4) is 0 Å². The minimum Gasteiger partial charge on any atom is -0.415 e. The molecule has 0 N–H and O–H groups in total. The first kappa shape index (κ1) is 10.5. The summed E-state index contributed by atoms with van der Waals surface area (Å²) in [5.74, 6) is 0.638. The van der Waals surface area contributed by atoms with Crippen molar-refractivity contribution >= 4 is 14.9 Å². The topological polar surface area (TPSA) is 9.23 Å². The lowest BCUT2D eigenvalue weighted by Gasteiger charge is -2.13. The quantitative estimate of drug-likeness (QED) is 0.664. The molecule has 2 heteroatoms. The van der Waals surface area contributed by atoms with E-state index in [-0.39, 0.29) is 0 Å². The summed E-state index contributed by atoms with van der Waals surface area (Å²) in [5, 5.41) is 1.35. The number of rotatable bonds is 4. The van der Waals surface area contributed by atoms with Crippen LogP contribution in [0.25, 0.3) is 0 Å². The predicted octanol–water partition coefficient (Wildman–Crippen LogP) is 2.09. The molecule has 1 unspecified atom stereocenters. The van der Waals surface area contributed by atoms with E-state index in [0.717, 1.165) is 0 Å². The van der Waals surface area contributed by atoms with Crippen LogP contribution in [0.15, 0.2) is 24.3 Å². The molecule has 2 radical (unpaired) electrons. The predicted molar refractivity (Wildman–Crippen MR) is 57.5 cm³/mol. The highest BCUT2D eigenvalue weighted by atomic mass is 28.2. The van der Waals surface area contributed by atoms with E-state index >= 15 is 0 Å². The Bertz CT molecular complexity index is 260. The van der Waals surface area contributed by atoms with E-state index in [4.69, 9.17) is 4.43 Å². The van der Waals surface area contributed by atoms with Crippen LogP contribution in [0.4, 0.5) is 0 Å². The van der Waals surface area contributed by atoms with Gasteiger partial charge in [0.15, 0.2) is 0 Å². The summed E-state index contributed by atoms with van der Waals surface area (Å²) < 4.78 is 5.19. The molecule has 1 rings (SSSR count). The smallest absolute Gasteiger partial charge is 0.268 e. The molecule has 0 aromatic heterocycles. The highest BCUT2D eigenvalue weighted by Gasteiger charge is 2.08. The second-order valence-corrected chi connectivity index (χ2v) is 4.35. The number of benzene rings is 1. The van der Waals surface area contributed by atoms with Crippen molar-refractivity contribution in [2.75, 3.05) is 7.11 Å². The molecule has 0 bridgehead atoms. The molecule has 1 atom stereocenters. The minimum absolute atomic E-state index is 0.482. The Morgan fingerprint density at radius 3 is 2.69 bits per heavy atom. The Balaban J connectivity index is 2.90. The van der Waals surface area contributed by atoms with E-state index in [0.29, 0.717) is 15.7 Å². The third kappa shape index (κ3) is 2.67. The molecule has 1 nitrogen and oxygen atoms in total. The summed E-state index contributed by atoms with van der Waals surface area (Å²) in [5.41, 5.74) is 1.44. The summed E-state index contributed by atoms with van der Waals surface area (Å²) in [6.07, 6.45) is 1.19. The third-order valence-electron chi connectivity index (χ3n) is 2.32. The van der Waals surface area contributed by atoms with Gasteiger partial charge in [0.25, 0.3) is 9.76 Å². The lowest BCUT2D eigenvalue weighted by atomic mass is 9.99. The highest BCUT2D eigenvalue weighted by Crippen LogP contribution is 2.15. The van der Waals surface area contributed by atoms with E-state index in [9.17, 15) is 0 Å². The van der Waals surface area contributed by atoms with Crippen LogP contribution in [-0.2, 0) is 4.43 Å². The average molecular weight is 192 g/mol. The molecule has 0 spiro atoms. The van der Waals surface area contributed by atoms with Gasteiger partial charge in [-0.2, -0.15) is 0 Å². The van der Waals surface area contributed by atoms with Crippen molar-refractivity contribution in [3.05, 3.63) is 29.8 Å². The summed E-state index contributed by atoms with van der Waals surface area (Å²) in [4.78, 5) is 0. The van der Waals surface area contributed by atoms with Crippen LogP contribution in [-0.4, -0.2) is 16.9 Å². The van der Waals surface area contributed by atoms with Crippen LogP contribution < -0.4 is 5.19 Å². The van der Waals surface area contributed by atoms with Gasteiger partial charge in [0.1, 0.15) is 0 Å². The maximum atomic E-state index is 5.19. The highest BCUT2D eigenvalue weighted by molar-refractivity contribution is 6.47. The Hall–Kier alpha value is -0.603. The van der Waals surface area contributed by atoms with E-state index in [1.807, 2.05) is 0 Å². The largest absolute Gasteiger partial charge is 0.415 e. The molecule has 0 saturated heterocycles. The summed E-state index contributed by atoms with van der Waals surface area (Å²) in [6.45, 7) is 4.48. The molecule has 1 aromatic rings. The Kier molecular flexibility index (Phi) is 4.19. The van der Waals surface area contributed by atoms with Crippen LogP contribution in [0, 0.1) is 0 Å². The van der Waals surface area contributed by atoms with Crippen molar-refractivity contribution in [3.8, 4) is 0 Å². The Morgan fingerprint density at radius 1 is 1.38 bits per heavy atom. The van der Waals surface area contributed by atoms with Crippen molar-refractivity contribution in [2.45, 2.75) is 26.2 Å². The fourth-order valence-corrected chi connectivity index (χ4v) is 2.18. The Labute approximate surface area is 83.1 Å². The Morgan fingerprint density at radius 2 is 2.08 bits per heavy atom. The van der Waals surface area contributed by atoms with Gasteiger partial charge in [0.05, 0.1) is 0 Å². The summed E-state index contributed by atoms with van der Waals surface area (Å²) in [7, 11) is 2.24. The summed E-state index contributed by atoms with van der Waals surface area (Å²) >= 11 is 0. The summed E-state index contributed by atoms with van der Waals surface area (Å²) in [6, 6.07) is 8.54. The van der Waals surface area contributed by atoms with E-state index in [1.54, 1.807) is 7.11 Å². The van der Waals surface area contributed by atoms with Gasteiger partial charge in [-0.05, 0) is 23.1 Å². The molecule has 70 valence electrons. The number of hydrogen-bond acceptors (Lipinski definition) is 1. The van der Waals surface area contributed by atoms with Crippen molar-refractivity contribution in [1.29, 1.82) is 0 Å². The zero-order valence-electron chi connectivity index (χ0n) is 8.50. The SMILES string of the molecule is CCC(C)c1ccccc1[Si]OC. The molecular formula is C11H16OSi. The molecule has 1 aromatic carbocycles. The first-order valence-corrected chi connectivity index (χ1v) is 5.58. The van der Waals surface area contributed by atoms with Crippen LogP contribution in [0.5, 0.6) is 0 Å². The van der Waals surface area contributed by atoms with Gasteiger partial charge >= 0.3 is 0 Å². The van der Waals surface area contributed by atoms with E-state index in [2.05, 4.69) is 38.1 Å². The third-order valence-corrected chi connectivity index (χ3v) is 3.20. The second kappa shape index (κ2) is 5.20. The van der Waals surface area contributed by atoms with Crippen LogP contribution >= 0.6 is 0 Å². The number of hydrogen-bond donors (Lipinski definition) is 0. The van der Waals surface area contributed by atoms with Gasteiger partial charge in [-0.3, -0.25) is 0 Å². The standard InChI is InChI=1S/C11H16OSi/c1-4-9(2)10-7-5-6-8-11(10)13-12-3/h5-9H,4H2,1-3H3. The molecule has 0 heterocycles. The normalized spacial score (nSPS) is 12.8. The first-order valence-electron chi connectivity index (χ1n) is 4.67. The van der Waals surface area contributed by atoms with Gasteiger partial charge in [-0.25, -0.2) is 0 Å². The fourth-order valence-electron chi connectivity index (χ4n) is 1.35. The van der Waals surface area contributed by atoms with Gasteiger partial charge in [-0.1, -0.05) is 38.1 Å². The van der Waals surface area contributed by atoms with E-state index < -0.39 is 0 Å². The maximum Gasteiger partial charge on any atom is 0.268 e.